The van der Waals surface area contributed by atoms with Crippen molar-refractivity contribution in [3.63, 3.8) is 0 Å². The van der Waals surface area contributed by atoms with Gasteiger partial charge in [0.25, 0.3) is 0 Å². The van der Waals surface area contributed by atoms with Crippen molar-refractivity contribution >= 4 is 15.7 Å². The molecule has 2 aromatic rings. The molecule has 0 bridgehead atoms. The van der Waals surface area contributed by atoms with Gasteiger partial charge < -0.3 is 10.4 Å². The maximum atomic E-state index is 11.5. The molecule has 0 aliphatic carbocycles. The molecule has 0 saturated heterocycles. The van der Waals surface area contributed by atoms with Gasteiger partial charge in [-0.3, -0.25) is 0 Å². The number of hydrogen-bond acceptors (Lipinski definition) is 4. The van der Waals surface area contributed by atoms with E-state index in [0.29, 0.717) is 12.2 Å². The van der Waals surface area contributed by atoms with Crippen molar-refractivity contribution in [2.75, 3.05) is 5.32 Å². The molecule has 4 N–H and O–H groups in total. The molecule has 6 heteroatoms. The van der Waals surface area contributed by atoms with Crippen LogP contribution in [-0.4, -0.2) is 13.5 Å². The van der Waals surface area contributed by atoms with Crippen molar-refractivity contribution in [3.05, 3.63) is 59.7 Å². The second kappa shape index (κ2) is 6.04. The number of benzene rings is 2. The van der Waals surface area contributed by atoms with Crippen LogP contribution in [0, 0.1) is 0 Å². The van der Waals surface area contributed by atoms with Crippen molar-refractivity contribution in [2.24, 2.45) is 5.14 Å². The van der Waals surface area contributed by atoms with E-state index in [1.54, 1.807) is 18.2 Å². The Morgan fingerprint density at radius 2 is 1.60 bits per heavy atom. The van der Waals surface area contributed by atoms with E-state index in [9.17, 15) is 8.42 Å². The van der Waals surface area contributed by atoms with Crippen LogP contribution in [0.3, 0.4) is 0 Å². The number of nitrogens with one attached hydrogen (secondary N) is 1. The Morgan fingerprint density at radius 1 is 1.00 bits per heavy atom. The first kappa shape index (κ1) is 14.5. The predicted molar refractivity (Wildman–Crippen MR) is 77.5 cm³/mol. The molecule has 2 rings (SSSR count). The molecule has 0 radical (unpaired) electrons. The highest BCUT2D eigenvalue weighted by molar-refractivity contribution is 7.89. The molecule has 0 aromatic heterocycles. The van der Waals surface area contributed by atoms with Crippen LogP contribution in [-0.2, 0) is 23.2 Å². The van der Waals surface area contributed by atoms with Crippen molar-refractivity contribution in [1.29, 1.82) is 0 Å². The van der Waals surface area contributed by atoms with Crippen molar-refractivity contribution < 1.29 is 13.5 Å². The van der Waals surface area contributed by atoms with Gasteiger partial charge in [0.1, 0.15) is 4.90 Å². The zero-order valence-electron chi connectivity index (χ0n) is 10.8. The molecule has 106 valence electrons. The quantitative estimate of drug-likeness (QED) is 0.777. The highest BCUT2D eigenvalue weighted by Gasteiger charge is 2.12. The molecule has 0 spiro atoms. The monoisotopic (exact) mass is 292 g/mol. The first-order chi connectivity index (χ1) is 9.50. The maximum Gasteiger partial charge on any atom is 0.240 e. The second-order valence-electron chi connectivity index (χ2n) is 4.37. The molecule has 0 aliphatic heterocycles. The molecule has 0 atom stereocenters. The number of nitrogens with two attached hydrogens (primary N) is 1. The van der Waals surface area contributed by atoms with Gasteiger partial charge >= 0.3 is 0 Å². The van der Waals surface area contributed by atoms with E-state index >= 15 is 0 Å². The third kappa shape index (κ3) is 3.57. The third-order valence-electron chi connectivity index (χ3n) is 2.88. The minimum absolute atomic E-state index is 0.00194. The molecule has 0 unspecified atom stereocenters. The summed E-state index contributed by atoms with van der Waals surface area (Å²) in [6.07, 6.45) is 0. The summed E-state index contributed by atoms with van der Waals surface area (Å²) < 4.78 is 22.9. The van der Waals surface area contributed by atoms with E-state index in [4.69, 9.17) is 10.2 Å². The van der Waals surface area contributed by atoms with Crippen LogP contribution in [0.2, 0.25) is 0 Å². The summed E-state index contributed by atoms with van der Waals surface area (Å²) in [6.45, 7) is 0.472. The molecule has 0 aliphatic rings. The number of para-hydroxylation sites is 1. The number of aliphatic hydroxyl groups excluding tert-OH is 1. The SMILES string of the molecule is NS(=O)(=O)c1ccccc1NCc1ccc(CO)cc1. The van der Waals surface area contributed by atoms with Gasteiger partial charge in [-0.05, 0) is 23.3 Å². The summed E-state index contributed by atoms with van der Waals surface area (Å²) in [5, 5.41) is 17.2. The van der Waals surface area contributed by atoms with Crippen LogP contribution >= 0.6 is 0 Å². The minimum Gasteiger partial charge on any atom is -0.392 e. The van der Waals surface area contributed by atoms with Gasteiger partial charge in [-0.25, -0.2) is 13.6 Å². The van der Waals surface area contributed by atoms with E-state index in [0.717, 1.165) is 11.1 Å². The average molecular weight is 292 g/mol. The Labute approximate surface area is 118 Å². The van der Waals surface area contributed by atoms with Crippen molar-refractivity contribution in [2.45, 2.75) is 18.0 Å². The Morgan fingerprint density at radius 3 is 2.20 bits per heavy atom. The Hall–Kier alpha value is -1.89. The van der Waals surface area contributed by atoms with Crippen LogP contribution in [0.4, 0.5) is 5.69 Å². The Balaban J connectivity index is 2.15. The fourth-order valence-corrected chi connectivity index (χ4v) is 2.54. The maximum absolute atomic E-state index is 11.5. The topological polar surface area (TPSA) is 92.4 Å². The minimum atomic E-state index is -3.74. The van der Waals surface area contributed by atoms with Crippen molar-refractivity contribution in [1.82, 2.24) is 0 Å². The van der Waals surface area contributed by atoms with E-state index < -0.39 is 10.0 Å². The molecule has 0 amide bonds. The smallest absolute Gasteiger partial charge is 0.240 e. The predicted octanol–water partition coefficient (Wildman–Crippen LogP) is 1.44. The number of aliphatic hydroxyl groups is 1. The number of hydrogen-bond donors (Lipinski definition) is 3. The fraction of sp³-hybridized carbons (Fsp3) is 0.143. The summed E-state index contributed by atoms with van der Waals surface area (Å²) in [5.41, 5.74) is 2.28. The molecule has 5 nitrogen and oxygen atoms in total. The number of anilines is 1. The Kier molecular flexibility index (Phi) is 4.39. The van der Waals surface area contributed by atoms with Crippen molar-refractivity contribution in [3.8, 4) is 0 Å². The normalized spacial score (nSPS) is 11.3. The first-order valence-electron chi connectivity index (χ1n) is 6.05. The Bertz CT molecular complexity index is 682. The zero-order valence-corrected chi connectivity index (χ0v) is 11.6. The highest BCUT2D eigenvalue weighted by Crippen LogP contribution is 2.20. The molecular formula is C14H16N2O3S. The lowest BCUT2D eigenvalue weighted by molar-refractivity contribution is 0.282. The van der Waals surface area contributed by atoms with Crippen LogP contribution in [0.5, 0.6) is 0 Å². The molecule has 0 saturated carbocycles. The van der Waals surface area contributed by atoms with Gasteiger partial charge in [-0.1, -0.05) is 36.4 Å². The van der Waals surface area contributed by atoms with E-state index in [-0.39, 0.29) is 11.5 Å². The summed E-state index contributed by atoms with van der Waals surface area (Å²) in [4.78, 5) is 0.0759. The lowest BCUT2D eigenvalue weighted by Gasteiger charge is -2.10. The average Bonchev–Trinajstić information content (AvgIpc) is 2.45. The molecule has 0 fully saturated rings. The van der Waals surface area contributed by atoms with E-state index in [1.807, 2.05) is 24.3 Å². The van der Waals surface area contributed by atoms with Crippen LogP contribution in [0.1, 0.15) is 11.1 Å². The largest absolute Gasteiger partial charge is 0.392 e. The van der Waals surface area contributed by atoms with Crippen LogP contribution in [0.25, 0.3) is 0 Å². The summed E-state index contributed by atoms with van der Waals surface area (Å²) in [5.74, 6) is 0. The molecular weight excluding hydrogens is 276 g/mol. The lowest BCUT2D eigenvalue weighted by atomic mass is 10.1. The van der Waals surface area contributed by atoms with Gasteiger partial charge in [0, 0.05) is 6.54 Å². The van der Waals surface area contributed by atoms with Gasteiger partial charge in [0.05, 0.1) is 12.3 Å². The van der Waals surface area contributed by atoms with E-state index in [1.165, 1.54) is 6.07 Å². The van der Waals surface area contributed by atoms with Crippen LogP contribution < -0.4 is 10.5 Å². The second-order valence-corrected chi connectivity index (χ2v) is 5.90. The molecule has 2 aromatic carbocycles. The first-order valence-corrected chi connectivity index (χ1v) is 7.60. The summed E-state index contributed by atoms with van der Waals surface area (Å²) in [6, 6.07) is 13.9. The van der Waals surface area contributed by atoms with Gasteiger partial charge in [0.2, 0.25) is 10.0 Å². The summed E-state index contributed by atoms with van der Waals surface area (Å²) >= 11 is 0. The lowest BCUT2D eigenvalue weighted by Crippen LogP contribution is -2.15. The standard InChI is InChI=1S/C14H16N2O3S/c15-20(18,19)14-4-2-1-3-13(14)16-9-11-5-7-12(10-17)8-6-11/h1-8,16-17H,9-10H2,(H2,15,18,19). The third-order valence-corrected chi connectivity index (χ3v) is 3.85. The molecule has 20 heavy (non-hydrogen) atoms. The van der Waals surface area contributed by atoms with E-state index in [2.05, 4.69) is 5.32 Å². The number of primary sulfonamides is 1. The van der Waals surface area contributed by atoms with Crippen LogP contribution in [0.15, 0.2) is 53.4 Å². The number of rotatable bonds is 5. The number of sulfonamides is 1. The molecule has 0 heterocycles. The highest BCUT2D eigenvalue weighted by atomic mass is 32.2. The van der Waals surface area contributed by atoms with Gasteiger partial charge in [0.15, 0.2) is 0 Å². The fourth-order valence-electron chi connectivity index (χ4n) is 1.82. The summed E-state index contributed by atoms with van der Waals surface area (Å²) in [7, 11) is -3.74. The zero-order chi connectivity index (χ0) is 14.6. The van der Waals surface area contributed by atoms with Gasteiger partial charge in [-0.15, -0.1) is 0 Å². The van der Waals surface area contributed by atoms with Gasteiger partial charge in [-0.2, -0.15) is 0 Å².